The van der Waals surface area contributed by atoms with Gasteiger partial charge in [0.15, 0.2) is 0 Å². The van der Waals surface area contributed by atoms with E-state index in [4.69, 9.17) is 5.32 Å². The van der Waals surface area contributed by atoms with Gasteiger partial charge in [0.05, 0.1) is 5.69 Å². The van der Waals surface area contributed by atoms with Crippen LogP contribution in [0.1, 0.15) is 76.7 Å². The van der Waals surface area contributed by atoms with Crippen LogP contribution in [0, 0.1) is 5.92 Å². The van der Waals surface area contributed by atoms with Gasteiger partial charge in [0, 0.05) is 17.2 Å². The Kier molecular flexibility index (Phi) is 5.00. The predicted octanol–water partition coefficient (Wildman–Crippen LogP) is 6.20. The van der Waals surface area contributed by atoms with E-state index in [9.17, 15) is 0 Å². The zero-order valence-electron chi connectivity index (χ0n) is 13.4. The highest BCUT2D eigenvalue weighted by atomic mass is 14.9. The second-order valence-electron chi connectivity index (χ2n) is 6.74. The summed E-state index contributed by atoms with van der Waals surface area (Å²) in [6.45, 7) is 2.27. The van der Waals surface area contributed by atoms with Crippen LogP contribution in [-0.2, 0) is 0 Å². The van der Waals surface area contributed by atoms with Crippen molar-refractivity contribution < 1.29 is 0 Å². The summed E-state index contributed by atoms with van der Waals surface area (Å²) in [5.74, 6) is 0.690. The summed E-state index contributed by atoms with van der Waals surface area (Å²) in [6, 6.07) is 8.64. The van der Waals surface area contributed by atoms with Gasteiger partial charge in [-0.3, -0.25) is 5.32 Å². The van der Waals surface area contributed by atoms with E-state index in [0.29, 0.717) is 5.92 Å². The number of allylic oxidation sites excluding steroid dienone is 2. The van der Waals surface area contributed by atoms with E-state index in [-0.39, 0.29) is 0 Å². The predicted molar refractivity (Wildman–Crippen MR) is 90.5 cm³/mol. The van der Waals surface area contributed by atoms with Crippen molar-refractivity contribution in [3.8, 4) is 0 Å². The van der Waals surface area contributed by atoms with Gasteiger partial charge in [0.2, 0.25) is 0 Å². The molecule has 3 rings (SSSR count). The standard InChI is InChI=1S/C20H28N/c1-16-18-14-10-11-15-19(18)21-20(16)17-12-8-6-4-2-3-5-7-9-13-17/h10-11,14-15,17H,2-9,12-13H2,1H3. The van der Waals surface area contributed by atoms with Crippen molar-refractivity contribution in [1.29, 1.82) is 0 Å². The van der Waals surface area contributed by atoms with Crippen molar-refractivity contribution in [1.82, 2.24) is 5.32 Å². The van der Waals surface area contributed by atoms with Gasteiger partial charge in [-0.15, -0.1) is 0 Å². The van der Waals surface area contributed by atoms with E-state index in [2.05, 4.69) is 31.2 Å². The van der Waals surface area contributed by atoms with Crippen molar-refractivity contribution in [2.24, 2.45) is 5.92 Å². The normalized spacial score (nSPS) is 21.6. The first-order valence-electron chi connectivity index (χ1n) is 8.88. The molecule has 0 unspecified atom stereocenters. The molecular weight excluding hydrogens is 254 g/mol. The Morgan fingerprint density at radius 1 is 0.810 bits per heavy atom. The Bertz CT molecular complexity index is 488. The molecule has 1 heterocycles. The lowest BCUT2D eigenvalue weighted by atomic mass is 9.90. The average molecular weight is 282 g/mol. The van der Waals surface area contributed by atoms with Gasteiger partial charge in [0.1, 0.15) is 0 Å². The van der Waals surface area contributed by atoms with E-state index in [1.807, 2.05) is 0 Å². The molecule has 1 fully saturated rings. The second-order valence-corrected chi connectivity index (χ2v) is 6.74. The van der Waals surface area contributed by atoms with E-state index < -0.39 is 0 Å². The first kappa shape index (κ1) is 14.7. The molecule has 1 aromatic rings. The van der Waals surface area contributed by atoms with E-state index >= 15 is 0 Å². The number of nitrogens with zero attached hydrogens (tertiary/aromatic N) is 1. The molecule has 1 aromatic carbocycles. The zero-order chi connectivity index (χ0) is 14.5. The van der Waals surface area contributed by atoms with Crippen molar-refractivity contribution in [2.45, 2.75) is 71.1 Å². The lowest BCUT2D eigenvalue weighted by Gasteiger charge is -2.18. The molecule has 1 radical (unpaired) electrons. The summed E-state index contributed by atoms with van der Waals surface area (Å²) in [4.78, 5) is 0. The van der Waals surface area contributed by atoms with Crippen molar-refractivity contribution in [3.63, 3.8) is 0 Å². The molecular formula is C20H28N. The highest BCUT2D eigenvalue weighted by molar-refractivity contribution is 5.81. The molecule has 1 aliphatic heterocycles. The fourth-order valence-electron chi connectivity index (χ4n) is 3.90. The van der Waals surface area contributed by atoms with Gasteiger partial charge in [-0.2, -0.15) is 0 Å². The number of hydrogen-bond acceptors (Lipinski definition) is 0. The Morgan fingerprint density at radius 2 is 1.38 bits per heavy atom. The zero-order valence-corrected chi connectivity index (χ0v) is 13.4. The highest BCUT2D eigenvalue weighted by Gasteiger charge is 2.25. The van der Waals surface area contributed by atoms with Gasteiger partial charge in [0.25, 0.3) is 0 Å². The first-order valence-corrected chi connectivity index (χ1v) is 8.88. The van der Waals surface area contributed by atoms with Crippen LogP contribution in [0.15, 0.2) is 30.0 Å². The minimum Gasteiger partial charge on any atom is -0.252 e. The molecule has 1 aliphatic carbocycles. The van der Waals surface area contributed by atoms with Crippen LogP contribution in [0.5, 0.6) is 0 Å². The maximum Gasteiger partial charge on any atom is 0.0708 e. The fraction of sp³-hybridized carbons (Fsp3) is 0.600. The molecule has 21 heavy (non-hydrogen) atoms. The maximum atomic E-state index is 4.99. The number of fused-ring (bicyclic) bond motifs is 1. The van der Waals surface area contributed by atoms with Crippen LogP contribution in [0.2, 0.25) is 0 Å². The Hall–Kier alpha value is -1.24. The first-order chi connectivity index (χ1) is 10.4. The lowest BCUT2D eigenvalue weighted by Crippen LogP contribution is -2.10. The lowest BCUT2D eigenvalue weighted by molar-refractivity contribution is 0.456. The summed E-state index contributed by atoms with van der Waals surface area (Å²) >= 11 is 0. The van der Waals surface area contributed by atoms with Crippen molar-refractivity contribution >= 4 is 11.3 Å². The van der Waals surface area contributed by atoms with E-state index in [1.165, 1.54) is 86.7 Å². The summed E-state index contributed by atoms with van der Waals surface area (Å²) < 4.78 is 0. The molecule has 1 saturated carbocycles. The third kappa shape index (κ3) is 3.51. The number of benzene rings is 1. The molecule has 0 atom stereocenters. The summed E-state index contributed by atoms with van der Waals surface area (Å²) in [5.41, 5.74) is 5.39. The molecule has 0 bridgehead atoms. The average Bonchev–Trinajstić information content (AvgIpc) is 2.81. The van der Waals surface area contributed by atoms with E-state index in [1.54, 1.807) is 0 Å². The van der Waals surface area contributed by atoms with Gasteiger partial charge in [-0.1, -0.05) is 69.6 Å². The van der Waals surface area contributed by atoms with Crippen LogP contribution >= 0.6 is 0 Å². The van der Waals surface area contributed by atoms with Crippen LogP contribution < -0.4 is 5.32 Å². The third-order valence-corrected chi connectivity index (χ3v) is 5.18. The molecule has 113 valence electrons. The summed E-state index contributed by atoms with van der Waals surface area (Å²) in [6.07, 6.45) is 14.0. The summed E-state index contributed by atoms with van der Waals surface area (Å²) in [5, 5.41) is 4.99. The Labute approximate surface area is 129 Å². The number of hydrogen-bond donors (Lipinski definition) is 0. The number of rotatable bonds is 1. The van der Waals surface area contributed by atoms with Gasteiger partial charge in [-0.25, -0.2) is 0 Å². The van der Waals surface area contributed by atoms with Crippen LogP contribution in [0.3, 0.4) is 0 Å². The smallest absolute Gasteiger partial charge is 0.0708 e. The molecule has 0 saturated heterocycles. The van der Waals surface area contributed by atoms with Gasteiger partial charge in [-0.05, 0) is 31.4 Å². The third-order valence-electron chi connectivity index (χ3n) is 5.18. The Morgan fingerprint density at radius 3 is 2.00 bits per heavy atom. The highest BCUT2D eigenvalue weighted by Crippen LogP contribution is 2.40. The van der Waals surface area contributed by atoms with Crippen LogP contribution in [-0.4, -0.2) is 0 Å². The molecule has 2 aliphatic rings. The Balaban J connectivity index is 1.73. The summed E-state index contributed by atoms with van der Waals surface area (Å²) in [7, 11) is 0. The van der Waals surface area contributed by atoms with Crippen LogP contribution in [0.25, 0.3) is 5.57 Å². The maximum absolute atomic E-state index is 4.99. The van der Waals surface area contributed by atoms with Gasteiger partial charge < -0.3 is 0 Å². The largest absolute Gasteiger partial charge is 0.252 e. The van der Waals surface area contributed by atoms with Crippen molar-refractivity contribution in [2.75, 3.05) is 0 Å². The van der Waals surface area contributed by atoms with Gasteiger partial charge >= 0.3 is 0 Å². The molecule has 1 heteroatoms. The molecule has 0 N–H and O–H groups in total. The monoisotopic (exact) mass is 282 g/mol. The topological polar surface area (TPSA) is 14.1 Å². The second kappa shape index (κ2) is 7.15. The SMILES string of the molecule is CC1=C(C2CCCCCCCCCC2)[N]c2ccccc21. The molecule has 0 amide bonds. The quantitative estimate of drug-likeness (QED) is 0.582. The minimum atomic E-state index is 0.690. The van der Waals surface area contributed by atoms with E-state index in [0.717, 1.165) is 0 Å². The van der Waals surface area contributed by atoms with Crippen LogP contribution in [0.4, 0.5) is 5.69 Å². The molecule has 0 spiro atoms. The molecule has 0 aromatic heterocycles. The minimum absolute atomic E-state index is 0.690. The van der Waals surface area contributed by atoms with Crippen molar-refractivity contribution in [3.05, 3.63) is 35.5 Å². The fourth-order valence-corrected chi connectivity index (χ4v) is 3.90. The number of para-hydroxylation sites is 1. The molecule has 1 nitrogen and oxygen atoms in total.